The van der Waals surface area contributed by atoms with Crippen molar-refractivity contribution in [2.75, 3.05) is 6.54 Å². The number of para-hydroxylation sites is 1. The summed E-state index contributed by atoms with van der Waals surface area (Å²) in [4.78, 5) is 18.3. The van der Waals surface area contributed by atoms with E-state index >= 15 is 0 Å². The van der Waals surface area contributed by atoms with Crippen molar-refractivity contribution in [2.45, 2.75) is 25.4 Å². The van der Waals surface area contributed by atoms with E-state index in [1.807, 2.05) is 36.8 Å². The number of rotatable bonds is 5. The summed E-state index contributed by atoms with van der Waals surface area (Å²) in [7, 11) is 0. The predicted octanol–water partition coefficient (Wildman–Crippen LogP) is 3.30. The molecule has 1 aromatic carbocycles. The summed E-state index contributed by atoms with van der Waals surface area (Å²) < 4.78 is 1.64. The van der Waals surface area contributed by atoms with Crippen LogP contribution in [0, 0.1) is 0 Å². The van der Waals surface area contributed by atoms with Crippen LogP contribution >= 0.6 is 0 Å². The van der Waals surface area contributed by atoms with E-state index in [9.17, 15) is 9.90 Å². The van der Waals surface area contributed by atoms with Crippen molar-refractivity contribution in [1.29, 1.82) is 0 Å². The lowest BCUT2D eigenvalue weighted by Gasteiger charge is -2.23. The molecular weight excluding hydrogens is 328 g/mol. The highest BCUT2D eigenvalue weighted by molar-refractivity contribution is 5.91. The highest BCUT2D eigenvalue weighted by Gasteiger charge is 2.27. The van der Waals surface area contributed by atoms with Gasteiger partial charge in [-0.3, -0.25) is 9.88 Å². The first-order valence-electron chi connectivity index (χ1n) is 8.73. The lowest BCUT2D eigenvalue weighted by atomic mass is 10.1. The van der Waals surface area contributed by atoms with E-state index in [1.54, 1.807) is 22.9 Å². The van der Waals surface area contributed by atoms with Gasteiger partial charge in [-0.2, -0.15) is 5.10 Å². The predicted molar refractivity (Wildman–Crippen MR) is 97.1 cm³/mol. The quantitative estimate of drug-likeness (QED) is 0.766. The topological polar surface area (TPSA) is 71.2 Å². The molecule has 0 radical (unpaired) electrons. The number of likely N-dealkylation sites (tertiary alicyclic amines) is 1. The van der Waals surface area contributed by atoms with Crippen molar-refractivity contribution in [3.63, 3.8) is 0 Å². The van der Waals surface area contributed by atoms with Crippen LogP contribution in [0.25, 0.3) is 5.69 Å². The van der Waals surface area contributed by atoms with Gasteiger partial charge < -0.3 is 5.11 Å². The van der Waals surface area contributed by atoms with Crippen molar-refractivity contribution >= 4 is 5.97 Å². The second-order valence-corrected chi connectivity index (χ2v) is 6.50. The summed E-state index contributed by atoms with van der Waals surface area (Å²) in [6.45, 7) is 1.80. The lowest BCUT2D eigenvalue weighted by molar-refractivity contribution is 0.0696. The molecule has 0 spiro atoms. The van der Waals surface area contributed by atoms with Crippen LogP contribution in [0.1, 0.15) is 40.5 Å². The number of nitrogens with zero attached hydrogens (tertiary/aromatic N) is 4. The molecule has 0 saturated carbocycles. The molecule has 1 saturated heterocycles. The third-order valence-corrected chi connectivity index (χ3v) is 4.80. The number of hydrogen-bond acceptors (Lipinski definition) is 4. The molecule has 6 heteroatoms. The molecule has 1 fully saturated rings. The number of carboxylic acid groups (broad SMARTS) is 1. The Bertz CT molecular complexity index is 907. The van der Waals surface area contributed by atoms with Crippen LogP contribution in [-0.4, -0.2) is 37.3 Å². The zero-order chi connectivity index (χ0) is 17.9. The minimum atomic E-state index is -0.951. The highest BCUT2D eigenvalue weighted by Crippen LogP contribution is 2.31. The van der Waals surface area contributed by atoms with Gasteiger partial charge in [-0.25, -0.2) is 9.48 Å². The number of aromatic nitrogens is 3. The number of hydrogen-bond donors (Lipinski definition) is 1. The Morgan fingerprint density at radius 3 is 2.85 bits per heavy atom. The van der Waals surface area contributed by atoms with Gasteiger partial charge in [-0.05, 0) is 43.7 Å². The summed E-state index contributed by atoms with van der Waals surface area (Å²) >= 11 is 0. The zero-order valence-electron chi connectivity index (χ0n) is 14.3. The average Bonchev–Trinajstić information content (AvgIpc) is 3.32. The Morgan fingerprint density at radius 2 is 2.04 bits per heavy atom. The Kier molecular flexibility index (Phi) is 4.50. The minimum absolute atomic E-state index is 0.245. The van der Waals surface area contributed by atoms with Crippen molar-refractivity contribution in [3.8, 4) is 5.69 Å². The van der Waals surface area contributed by atoms with Crippen LogP contribution in [0.15, 0.2) is 61.1 Å². The van der Waals surface area contributed by atoms with Gasteiger partial charge in [0.25, 0.3) is 0 Å². The van der Waals surface area contributed by atoms with E-state index in [1.165, 1.54) is 0 Å². The molecule has 3 aromatic rings. The first-order chi connectivity index (χ1) is 12.7. The molecule has 4 rings (SSSR count). The number of carboxylic acids is 1. The van der Waals surface area contributed by atoms with E-state index in [4.69, 9.17) is 0 Å². The summed E-state index contributed by atoms with van der Waals surface area (Å²) in [5.41, 5.74) is 2.99. The van der Waals surface area contributed by atoms with Gasteiger partial charge in [-0.15, -0.1) is 0 Å². The Labute approximate surface area is 151 Å². The van der Waals surface area contributed by atoms with E-state index in [0.717, 1.165) is 37.2 Å². The average molecular weight is 348 g/mol. The molecule has 1 N–H and O–H groups in total. The molecule has 1 atom stereocenters. The van der Waals surface area contributed by atoms with Crippen LogP contribution in [0.3, 0.4) is 0 Å². The summed E-state index contributed by atoms with van der Waals surface area (Å²) in [5.74, 6) is -0.951. The second-order valence-electron chi connectivity index (χ2n) is 6.50. The van der Waals surface area contributed by atoms with Crippen LogP contribution in [0.2, 0.25) is 0 Å². The molecule has 0 aliphatic carbocycles. The molecule has 0 unspecified atom stereocenters. The Balaban J connectivity index is 1.55. The first kappa shape index (κ1) is 16.5. The van der Waals surface area contributed by atoms with E-state index in [0.29, 0.717) is 11.7 Å². The minimum Gasteiger partial charge on any atom is -0.478 e. The molecule has 132 valence electrons. The molecule has 0 bridgehead atoms. The number of aromatic carboxylic acids is 1. The second kappa shape index (κ2) is 7.09. The standard InChI is InChI=1S/C20H20N4O2/c25-20(26)16-6-1-2-8-18(16)24-14-15(12-22-24)13-23-11-5-9-19(23)17-7-3-4-10-21-17/h1-4,6-8,10,12,14,19H,5,9,11,13H2,(H,25,26)/t19-/m1/s1. The Hall–Kier alpha value is -2.99. The van der Waals surface area contributed by atoms with E-state index < -0.39 is 5.97 Å². The fourth-order valence-corrected chi connectivity index (χ4v) is 3.59. The monoisotopic (exact) mass is 348 g/mol. The Morgan fingerprint density at radius 1 is 1.19 bits per heavy atom. The van der Waals surface area contributed by atoms with Gasteiger partial charge in [0.1, 0.15) is 0 Å². The molecule has 3 heterocycles. The highest BCUT2D eigenvalue weighted by atomic mass is 16.4. The normalized spacial score (nSPS) is 17.5. The maximum Gasteiger partial charge on any atom is 0.337 e. The third-order valence-electron chi connectivity index (χ3n) is 4.80. The van der Waals surface area contributed by atoms with Gasteiger partial charge in [0.05, 0.1) is 29.2 Å². The molecule has 1 aliphatic heterocycles. The van der Waals surface area contributed by atoms with Gasteiger partial charge in [0.2, 0.25) is 0 Å². The van der Waals surface area contributed by atoms with Crippen molar-refractivity contribution in [1.82, 2.24) is 19.7 Å². The summed E-state index contributed by atoms with van der Waals surface area (Å²) in [6, 6.07) is 13.3. The van der Waals surface area contributed by atoms with E-state index in [-0.39, 0.29) is 5.56 Å². The fourth-order valence-electron chi connectivity index (χ4n) is 3.59. The van der Waals surface area contributed by atoms with Gasteiger partial charge in [-0.1, -0.05) is 18.2 Å². The molecule has 6 nitrogen and oxygen atoms in total. The van der Waals surface area contributed by atoms with Gasteiger partial charge >= 0.3 is 5.97 Å². The van der Waals surface area contributed by atoms with E-state index in [2.05, 4.69) is 21.0 Å². The third kappa shape index (κ3) is 3.23. The van der Waals surface area contributed by atoms with Crippen molar-refractivity contribution in [2.24, 2.45) is 0 Å². The van der Waals surface area contributed by atoms with Crippen LogP contribution < -0.4 is 0 Å². The molecular formula is C20H20N4O2. The van der Waals surface area contributed by atoms with Crippen LogP contribution in [0.5, 0.6) is 0 Å². The molecule has 0 amide bonds. The lowest BCUT2D eigenvalue weighted by Crippen LogP contribution is -2.23. The smallest absolute Gasteiger partial charge is 0.337 e. The first-order valence-corrected chi connectivity index (χ1v) is 8.73. The maximum atomic E-state index is 11.4. The van der Waals surface area contributed by atoms with Crippen molar-refractivity contribution in [3.05, 3.63) is 77.9 Å². The molecule has 1 aliphatic rings. The van der Waals surface area contributed by atoms with Gasteiger partial charge in [0, 0.05) is 24.5 Å². The van der Waals surface area contributed by atoms with Crippen molar-refractivity contribution < 1.29 is 9.90 Å². The van der Waals surface area contributed by atoms with Crippen LogP contribution in [0.4, 0.5) is 0 Å². The summed E-state index contributed by atoms with van der Waals surface area (Å²) in [5, 5.41) is 13.7. The SMILES string of the molecule is O=C(O)c1ccccc1-n1cc(CN2CCC[C@@H]2c2ccccn2)cn1. The van der Waals surface area contributed by atoms with Gasteiger partial charge in [0.15, 0.2) is 0 Å². The largest absolute Gasteiger partial charge is 0.478 e. The zero-order valence-corrected chi connectivity index (χ0v) is 14.3. The van der Waals surface area contributed by atoms with Crippen LogP contribution in [-0.2, 0) is 6.54 Å². The number of carbonyl (C=O) groups is 1. The number of pyridine rings is 1. The molecule has 26 heavy (non-hydrogen) atoms. The maximum absolute atomic E-state index is 11.4. The fraction of sp³-hybridized carbons (Fsp3) is 0.250. The summed E-state index contributed by atoms with van der Waals surface area (Å²) in [6.07, 6.45) is 7.82. The molecule has 2 aromatic heterocycles. The number of benzene rings is 1.